The smallest absolute Gasteiger partial charge is 0.157 e. The summed E-state index contributed by atoms with van der Waals surface area (Å²) in [6, 6.07) is 9.68. The van der Waals surface area contributed by atoms with Crippen molar-refractivity contribution in [3.05, 3.63) is 34.3 Å². The third kappa shape index (κ3) is 3.00. The number of benzene rings is 1. The average molecular weight is 306 g/mol. The van der Waals surface area contributed by atoms with Gasteiger partial charge in [-0.2, -0.15) is 5.26 Å². The molecule has 1 saturated carbocycles. The van der Waals surface area contributed by atoms with Gasteiger partial charge in [0.15, 0.2) is 5.78 Å². The van der Waals surface area contributed by atoms with Gasteiger partial charge in [0.05, 0.1) is 6.07 Å². The molecule has 1 aliphatic rings. The number of nitriles is 1. The van der Waals surface area contributed by atoms with E-state index in [1.54, 1.807) is 0 Å². The van der Waals surface area contributed by atoms with Crippen LogP contribution >= 0.6 is 15.9 Å². The van der Waals surface area contributed by atoms with E-state index in [-0.39, 0.29) is 11.7 Å². The molecule has 0 radical (unpaired) electrons. The van der Waals surface area contributed by atoms with Crippen molar-refractivity contribution in [1.82, 2.24) is 0 Å². The number of Topliss-reactive ketones (excluding diaryl/α,β-unsaturated/α-hetero) is 1. The summed E-state index contributed by atoms with van der Waals surface area (Å²) in [7, 11) is 0. The maximum atomic E-state index is 12.4. The highest BCUT2D eigenvalue weighted by Gasteiger charge is 2.29. The van der Waals surface area contributed by atoms with E-state index in [1.807, 2.05) is 24.3 Å². The van der Waals surface area contributed by atoms with Crippen LogP contribution in [0.2, 0.25) is 0 Å². The first-order chi connectivity index (χ1) is 8.72. The molecule has 3 heteroatoms. The Morgan fingerprint density at radius 3 is 2.67 bits per heavy atom. The highest BCUT2D eigenvalue weighted by Crippen LogP contribution is 2.30. The van der Waals surface area contributed by atoms with E-state index in [4.69, 9.17) is 0 Å². The predicted octanol–water partition coefficient (Wildman–Crippen LogP) is 4.21. The molecule has 0 saturated heterocycles. The van der Waals surface area contributed by atoms with Gasteiger partial charge in [0.1, 0.15) is 5.92 Å². The van der Waals surface area contributed by atoms with Crippen LogP contribution < -0.4 is 0 Å². The molecule has 0 spiro atoms. The number of rotatable bonds is 3. The number of ketones is 1. The fraction of sp³-hybridized carbons (Fsp3) is 0.467. The summed E-state index contributed by atoms with van der Waals surface area (Å²) in [4.78, 5) is 12.4. The van der Waals surface area contributed by atoms with Crippen molar-refractivity contribution in [3.8, 4) is 6.07 Å². The van der Waals surface area contributed by atoms with Crippen molar-refractivity contribution in [2.75, 3.05) is 0 Å². The molecular weight excluding hydrogens is 290 g/mol. The summed E-state index contributed by atoms with van der Waals surface area (Å²) < 4.78 is 0.914. The predicted molar refractivity (Wildman–Crippen MR) is 74.1 cm³/mol. The van der Waals surface area contributed by atoms with Crippen LogP contribution in [0.25, 0.3) is 0 Å². The van der Waals surface area contributed by atoms with Gasteiger partial charge >= 0.3 is 0 Å². The second-order valence-electron chi connectivity index (χ2n) is 4.85. The lowest BCUT2D eigenvalue weighted by Gasteiger charge is -2.22. The summed E-state index contributed by atoms with van der Waals surface area (Å²) in [6.07, 6.45) is 5.36. The van der Waals surface area contributed by atoms with Crippen LogP contribution in [0, 0.1) is 17.2 Å². The Morgan fingerprint density at radius 2 is 2.06 bits per heavy atom. The zero-order valence-corrected chi connectivity index (χ0v) is 11.8. The van der Waals surface area contributed by atoms with Gasteiger partial charge in [0, 0.05) is 10.4 Å². The average Bonchev–Trinajstić information content (AvgIpc) is 2.40. The molecule has 1 aliphatic carbocycles. The van der Waals surface area contributed by atoms with Gasteiger partial charge in [-0.25, -0.2) is 0 Å². The maximum Gasteiger partial charge on any atom is 0.157 e. The number of nitrogens with zero attached hydrogens (tertiary/aromatic N) is 1. The first-order valence-electron chi connectivity index (χ1n) is 6.41. The van der Waals surface area contributed by atoms with Crippen molar-refractivity contribution < 1.29 is 4.79 Å². The second kappa shape index (κ2) is 6.15. The number of carbonyl (C=O) groups excluding carboxylic acids is 1. The summed E-state index contributed by atoms with van der Waals surface area (Å²) in [5, 5.41) is 9.29. The van der Waals surface area contributed by atoms with E-state index >= 15 is 0 Å². The highest BCUT2D eigenvalue weighted by atomic mass is 79.9. The molecule has 1 atom stereocenters. The van der Waals surface area contributed by atoms with Gasteiger partial charge < -0.3 is 0 Å². The number of carbonyl (C=O) groups is 1. The van der Waals surface area contributed by atoms with Crippen molar-refractivity contribution >= 4 is 21.7 Å². The van der Waals surface area contributed by atoms with Crippen LogP contribution in [0.4, 0.5) is 0 Å². The first kappa shape index (κ1) is 13.3. The molecule has 0 bridgehead atoms. The zero-order valence-electron chi connectivity index (χ0n) is 10.2. The zero-order chi connectivity index (χ0) is 13.0. The maximum absolute atomic E-state index is 12.4. The van der Waals surface area contributed by atoms with E-state index in [9.17, 15) is 10.1 Å². The van der Waals surface area contributed by atoms with E-state index in [2.05, 4.69) is 22.0 Å². The molecular formula is C15H16BrNO. The molecule has 94 valence electrons. The molecule has 0 N–H and O–H groups in total. The number of hydrogen-bond donors (Lipinski definition) is 0. The highest BCUT2D eigenvalue weighted by molar-refractivity contribution is 9.10. The standard InChI is InChI=1S/C15H16BrNO/c16-13-8-4-7-12(9-13)14(10-17)15(18)11-5-2-1-3-6-11/h4,7-9,11,14H,1-3,5-6H2. The molecule has 0 aliphatic heterocycles. The van der Waals surface area contributed by atoms with Crippen molar-refractivity contribution in [2.45, 2.75) is 38.0 Å². The lowest BCUT2D eigenvalue weighted by Crippen LogP contribution is -2.23. The van der Waals surface area contributed by atoms with Crippen molar-refractivity contribution in [3.63, 3.8) is 0 Å². The first-order valence-corrected chi connectivity index (χ1v) is 7.20. The molecule has 0 heterocycles. The van der Waals surface area contributed by atoms with E-state index < -0.39 is 5.92 Å². The van der Waals surface area contributed by atoms with Crippen LogP contribution in [-0.2, 0) is 4.79 Å². The van der Waals surface area contributed by atoms with E-state index in [0.717, 1.165) is 35.7 Å². The monoisotopic (exact) mass is 305 g/mol. The van der Waals surface area contributed by atoms with Crippen LogP contribution in [0.1, 0.15) is 43.6 Å². The van der Waals surface area contributed by atoms with Crippen molar-refractivity contribution in [1.29, 1.82) is 5.26 Å². The van der Waals surface area contributed by atoms with Gasteiger partial charge in [-0.3, -0.25) is 4.79 Å². The quantitative estimate of drug-likeness (QED) is 0.839. The normalized spacial score (nSPS) is 18.0. The van der Waals surface area contributed by atoms with Crippen LogP contribution in [0.3, 0.4) is 0 Å². The van der Waals surface area contributed by atoms with Gasteiger partial charge in [0.2, 0.25) is 0 Å². The van der Waals surface area contributed by atoms with Gasteiger partial charge in [-0.05, 0) is 30.5 Å². The molecule has 1 fully saturated rings. The molecule has 18 heavy (non-hydrogen) atoms. The third-order valence-electron chi connectivity index (χ3n) is 3.60. The topological polar surface area (TPSA) is 40.9 Å². The SMILES string of the molecule is N#CC(C(=O)C1CCCCC1)c1cccc(Br)c1. The summed E-state index contributed by atoms with van der Waals surface area (Å²) in [5.41, 5.74) is 0.808. The summed E-state index contributed by atoms with van der Waals surface area (Å²) in [6.45, 7) is 0. The van der Waals surface area contributed by atoms with Gasteiger partial charge in [0.25, 0.3) is 0 Å². The van der Waals surface area contributed by atoms with Gasteiger partial charge in [-0.15, -0.1) is 0 Å². The third-order valence-corrected chi connectivity index (χ3v) is 4.10. The van der Waals surface area contributed by atoms with Crippen molar-refractivity contribution in [2.24, 2.45) is 5.92 Å². The van der Waals surface area contributed by atoms with Gasteiger partial charge in [-0.1, -0.05) is 47.3 Å². The molecule has 1 aromatic rings. The lowest BCUT2D eigenvalue weighted by atomic mass is 9.80. The summed E-state index contributed by atoms with van der Waals surface area (Å²) >= 11 is 3.38. The second-order valence-corrected chi connectivity index (χ2v) is 5.77. The Morgan fingerprint density at radius 1 is 1.33 bits per heavy atom. The minimum atomic E-state index is -0.606. The molecule has 2 rings (SSSR count). The number of halogens is 1. The molecule has 1 aromatic carbocycles. The molecule has 2 nitrogen and oxygen atoms in total. The van der Waals surface area contributed by atoms with E-state index in [1.165, 1.54) is 6.42 Å². The largest absolute Gasteiger partial charge is 0.298 e. The van der Waals surface area contributed by atoms with E-state index in [0.29, 0.717) is 0 Å². The molecule has 0 amide bonds. The minimum Gasteiger partial charge on any atom is -0.298 e. The Bertz CT molecular complexity index is 472. The lowest BCUT2D eigenvalue weighted by molar-refractivity contribution is -0.124. The summed E-state index contributed by atoms with van der Waals surface area (Å²) in [5.74, 6) is -0.414. The fourth-order valence-corrected chi connectivity index (χ4v) is 3.03. The Labute approximate surface area is 116 Å². The Hall–Kier alpha value is -1.14. The number of hydrogen-bond acceptors (Lipinski definition) is 2. The van der Waals surface area contributed by atoms with Crippen LogP contribution in [0.5, 0.6) is 0 Å². The van der Waals surface area contributed by atoms with Crippen LogP contribution in [-0.4, -0.2) is 5.78 Å². The Kier molecular flexibility index (Phi) is 4.54. The molecule has 1 unspecified atom stereocenters. The fourth-order valence-electron chi connectivity index (χ4n) is 2.61. The molecule has 0 aromatic heterocycles. The van der Waals surface area contributed by atoms with Crippen LogP contribution in [0.15, 0.2) is 28.7 Å². The Balaban J connectivity index is 2.18. The minimum absolute atomic E-state index is 0.0855.